The fraction of sp³-hybridized carbons (Fsp3) is 0.467. The van der Waals surface area contributed by atoms with Crippen LogP contribution in [0, 0.1) is 18.6 Å². The van der Waals surface area contributed by atoms with Crippen LogP contribution in [-0.2, 0) is 0 Å². The molecule has 0 radical (unpaired) electrons. The first-order valence-electron chi connectivity index (χ1n) is 6.29. The molecule has 0 amide bonds. The fourth-order valence-electron chi connectivity index (χ4n) is 1.91. The minimum Gasteiger partial charge on any atom is -0.310 e. The topological polar surface area (TPSA) is 12.0 Å². The summed E-state index contributed by atoms with van der Waals surface area (Å²) in [6.07, 6.45) is 1.62. The highest BCUT2D eigenvalue weighted by molar-refractivity contribution is 5.29. The summed E-state index contributed by atoms with van der Waals surface area (Å²) in [4.78, 5) is 0. The van der Waals surface area contributed by atoms with Gasteiger partial charge in [0.25, 0.3) is 0 Å². The van der Waals surface area contributed by atoms with Crippen molar-refractivity contribution in [3.63, 3.8) is 0 Å². The van der Waals surface area contributed by atoms with Crippen molar-refractivity contribution in [3.05, 3.63) is 47.0 Å². The number of benzene rings is 1. The summed E-state index contributed by atoms with van der Waals surface area (Å²) in [5, 5.41) is 3.28. The first kappa shape index (κ1) is 14.8. The predicted octanol–water partition coefficient (Wildman–Crippen LogP) is 4.28. The van der Waals surface area contributed by atoms with E-state index in [0.717, 1.165) is 24.6 Å². The zero-order valence-corrected chi connectivity index (χ0v) is 11.3. The van der Waals surface area contributed by atoms with Crippen molar-refractivity contribution in [2.75, 3.05) is 6.54 Å². The molecule has 100 valence electrons. The van der Waals surface area contributed by atoms with Gasteiger partial charge in [0.1, 0.15) is 11.6 Å². The van der Waals surface area contributed by atoms with E-state index in [1.54, 1.807) is 13.0 Å². The lowest BCUT2D eigenvalue weighted by Crippen LogP contribution is -2.23. The van der Waals surface area contributed by atoms with Crippen molar-refractivity contribution in [2.24, 2.45) is 0 Å². The van der Waals surface area contributed by atoms with E-state index in [1.165, 1.54) is 0 Å². The molecule has 1 rings (SSSR count). The maximum Gasteiger partial charge on any atom is 0.130 e. The lowest BCUT2D eigenvalue weighted by molar-refractivity contribution is 0.489. The largest absolute Gasteiger partial charge is 0.310 e. The Morgan fingerprint density at radius 2 is 2.00 bits per heavy atom. The first-order valence-corrected chi connectivity index (χ1v) is 6.29. The average Bonchev–Trinajstić information content (AvgIpc) is 2.29. The summed E-state index contributed by atoms with van der Waals surface area (Å²) in [6, 6.07) is 2.41. The molecule has 3 heteroatoms. The Hall–Kier alpha value is -1.22. The van der Waals surface area contributed by atoms with Gasteiger partial charge in [0.05, 0.1) is 0 Å². The van der Waals surface area contributed by atoms with E-state index in [9.17, 15) is 8.78 Å². The summed E-state index contributed by atoms with van der Waals surface area (Å²) < 4.78 is 27.1. The third-order valence-corrected chi connectivity index (χ3v) is 2.85. The van der Waals surface area contributed by atoms with Gasteiger partial charge in [0, 0.05) is 17.7 Å². The van der Waals surface area contributed by atoms with Crippen LogP contribution in [-0.4, -0.2) is 6.54 Å². The molecule has 0 aliphatic carbocycles. The number of hydrogen-bond acceptors (Lipinski definition) is 1. The highest BCUT2D eigenvalue weighted by Crippen LogP contribution is 2.25. The molecule has 1 N–H and O–H groups in total. The third kappa shape index (κ3) is 3.91. The quantitative estimate of drug-likeness (QED) is 0.746. The zero-order chi connectivity index (χ0) is 13.7. The SMILES string of the molecule is C=C(C)CC(NCCC)c1cc(C)c(F)cc1F. The van der Waals surface area contributed by atoms with Crippen molar-refractivity contribution in [1.82, 2.24) is 5.32 Å². The van der Waals surface area contributed by atoms with Crippen LogP contribution in [0.5, 0.6) is 0 Å². The Kier molecular flexibility index (Phi) is 5.48. The molecule has 18 heavy (non-hydrogen) atoms. The van der Waals surface area contributed by atoms with Crippen LogP contribution in [0.2, 0.25) is 0 Å². The Morgan fingerprint density at radius 3 is 2.56 bits per heavy atom. The van der Waals surface area contributed by atoms with E-state index in [0.29, 0.717) is 17.5 Å². The van der Waals surface area contributed by atoms with E-state index >= 15 is 0 Å². The van der Waals surface area contributed by atoms with E-state index in [1.807, 2.05) is 6.92 Å². The molecule has 0 saturated carbocycles. The van der Waals surface area contributed by atoms with Gasteiger partial charge in [-0.2, -0.15) is 0 Å². The monoisotopic (exact) mass is 253 g/mol. The number of halogens is 2. The van der Waals surface area contributed by atoms with Gasteiger partial charge in [-0.25, -0.2) is 8.78 Å². The van der Waals surface area contributed by atoms with Crippen molar-refractivity contribution >= 4 is 0 Å². The van der Waals surface area contributed by atoms with E-state index < -0.39 is 11.6 Å². The summed E-state index contributed by atoms with van der Waals surface area (Å²) >= 11 is 0. The molecule has 1 nitrogen and oxygen atoms in total. The molecule has 0 aromatic heterocycles. The normalized spacial score (nSPS) is 12.5. The molecular formula is C15H21F2N. The zero-order valence-electron chi connectivity index (χ0n) is 11.3. The van der Waals surface area contributed by atoms with Crippen LogP contribution in [0.4, 0.5) is 8.78 Å². The van der Waals surface area contributed by atoms with Gasteiger partial charge in [-0.15, -0.1) is 6.58 Å². The van der Waals surface area contributed by atoms with Crippen LogP contribution in [0.15, 0.2) is 24.3 Å². The molecule has 0 spiro atoms. The van der Waals surface area contributed by atoms with Gasteiger partial charge >= 0.3 is 0 Å². The second kappa shape index (κ2) is 6.64. The average molecular weight is 253 g/mol. The van der Waals surface area contributed by atoms with Crippen molar-refractivity contribution in [3.8, 4) is 0 Å². The van der Waals surface area contributed by atoms with Gasteiger partial charge in [-0.3, -0.25) is 0 Å². The summed E-state index contributed by atoms with van der Waals surface area (Å²) in [7, 11) is 0. The Bertz CT molecular complexity index is 427. The van der Waals surface area contributed by atoms with Crippen molar-refractivity contribution in [1.29, 1.82) is 0 Å². The third-order valence-electron chi connectivity index (χ3n) is 2.85. The molecule has 0 aliphatic rings. The maximum absolute atomic E-state index is 13.8. The van der Waals surface area contributed by atoms with Gasteiger partial charge in [0.2, 0.25) is 0 Å². The smallest absolute Gasteiger partial charge is 0.130 e. The minimum absolute atomic E-state index is 0.137. The Balaban J connectivity index is 3.03. The summed E-state index contributed by atoms with van der Waals surface area (Å²) in [6.45, 7) is 10.3. The molecule has 0 fully saturated rings. The molecule has 0 aliphatic heterocycles. The van der Waals surface area contributed by atoms with Crippen molar-refractivity contribution < 1.29 is 8.78 Å². The molecular weight excluding hydrogens is 232 g/mol. The molecule has 1 aromatic carbocycles. The Labute approximate surface area is 108 Å². The number of hydrogen-bond donors (Lipinski definition) is 1. The van der Waals surface area contributed by atoms with Crippen LogP contribution >= 0.6 is 0 Å². The standard InChI is InChI=1S/C15H21F2N/c1-5-6-18-15(7-10(2)3)12-8-11(4)13(16)9-14(12)17/h8-9,15,18H,2,5-7H2,1,3-4H3. The highest BCUT2D eigenvalue weighted by atomic mass is 19.1. The molecule has 0 bridgehead atoms. The lowest BCUT2D eigenvalue weighted by Gasteiger charge is -2.20. The second-order valence-corrected chi connectivity index (χ2v) is 4.79. The maximum atomic E-state index is 13.8. The summed E-state index contributed by atoms with van der Waals surface area (Å²) in [5.41, 5.74) is 1.96. The minimum atomic E-state index is -0.499. The van der Waals surface area contributed by atoms with E-state index in [-0.39, 0.29) is 6.04 Å². The first-order chi connectivity index (χ1) is 8.45. The van der Waals surface area contributed by atoms with E-state index in [4.69, 9.17) is 0 Å². The molecule has 0 saturated heterocycles. The summed E-state index contributed by atoms with van der Waals surface area (Å²) in [5.74, 6) is -0.992. The van der Waals surface area contributed by atoms with Crippen LogP contribution < -0.4 is 5.32 Å². The van der Waals surface area contributed by atoms with Gasteiger partial charge in [0.15, 0.2) is 0 Å². The fourth-order valence-corrected chi connectivity index (χ4v) is 1.91. The number of rotatable bonds is 6. The van der Waals surface area contributed by atoms with E-state index in [2.05, 4.69) is 18.8 Å². The molecule has 0 heterocycles. The van der Waals surface area contributed by atoms with Gasteiger partial charge in [-0.05, 0) is 44.9 Å². The number of aryl methyl sites for hydroxylation is 1. The molecule has 1 aromatic rings. The second-order valence-electron chi connectivity index (χ2n) is 4.79. The Morgan fingerprint density at radius 1 is 1.33 bits per heavy atom. The van der Waals surface area contributed by atoms with Crippen LogP contribution in [0.3, 0.4) is 0 Å². The van der Waals surface area contributed by atoms with Gasteiger partial charge < -0.3 is 5.32 Å². The number of nitrogens with one attached hydrogen (secondary N) is 1. The van der Waals surface area contributed by atoms with Crippen LogP contribution in [0.25, 0.3) is 0 Å². The predicted molar refractivity (Wildman–Crippen MR) is 71.6 cm³/mol. The highest BCUT2D eigenvalue weighted by Gasteiger charge is 2.17. The molecule has 1 atom stereocenters. The van der Waals surface area contributed by atoms with Gasteiger partial charge in [-0.1, -0.05) is 12.5 Å². The van der Waals surface area contributed by atoms with Crippen molar-refractivity contribution in [2.45, 2.75) is 39.7 Å². The molecule has 1 unspecified atom stereocenters. The lowest BCUT2D eigenvalue weighted by atomic mass is 9.97. The van der Waals surface area contributed by atoms with Crippen LogP contribution in [0.1, 0.15) is 43.9 Å².